The number of anilines is 1. The Balaban J connectivity index is 1.55. The molecule has 122 valence electrons. The first-order valence-corrected chi connectivity index (χ1v) is 7.89. The Labute approximate surface area is 140 Å². The minimum atomic E-state index is 0.444. The van der Waals surface area contributed by atoms with Gasteiger partial charge in [-0.15, -0.1) is 10.2 Å². The Kier molecular flexibility index (Phi) is 4.66. The van der Waals surface area contributed by atoms with E-state index in [-0.39, 0.29) is 0 Å². The van der Waals surface area contributed by atoms with Gasteiger partial charge in [-0.1, -0.05) is 11.6 Å². The fourth-order valence-electron chi connectivity index (χ4n) is 2.55. The number of halogens is 1. The molecule has 0 spiro atoms. The highest BCUT2D eigenvalue weighted by molar-refractivity contribution is 6.30. The van der Waals surface area contributed by atoms with E-state index in [1.54, 1.807) is 6.33 Å². The van der Waals surface area contributed by atoms with E-state index in [1.165, 1.54) is 5.69 Å². The molecule has 0 unspecified atom stereocenters. The average Bonchev–Trinajstić information content (AvgIpc) is 2.99. The first-order chi connectivity index (χ1) is 11.1. The van der Waals surface area contributed by atoms with Crippen LogP contribution in [0.25, 0.3) is 0 Å². The van der Waals surface area contributed by atoms with Gasteiger partial charge in [-0.3, -0.25) is 0 Å². The van der Waals surface area contributed by atoms with Crippen LogP contribution < -0.4 is 10.6 Å². The van der Waals surface area contributed by atoms with Gasteiger partial charge in [-0.25, -0.2) is 4.99 Å². The van der Waals surface area contributed by atoms with E-state index in [9.17, 15) is 0 Å². The van der Waals surface area contributed by atoms with Gasteiger partial charge >= 0.3 is 0 Å². The summed E-state index contributed by atoms with van der Waals surface area (Å²) in [6, 6.07) is 7.92. The molecule has 23 heavy (non-hydrogen) atoms. The first kappa shape index (κ1) is 15.6. The molecule has 2 N–H and O–H groups in total. The van der Waals surface area contributed by atoms with Gasteiger partial charge in [0.2, 0.25) is 0 Å². The van der Waals surface area contributed by atoms with Crippen LogP contribution in [0.2, 0.25) is 5.02 Å². The summed E-state index contributed by atoms with van der Waals surface area (Å²) in [7, 11) is 1.89. The lowest BCUT2D eigenvalue weighted by Crippen LogP contribution is -2.51. The molecule has 0 saturated carbocycles. The molecule has 1 aromatic heterocycles. The van der Waals surface area contributed by atoms with Crippen molar-refractivity contribution in [3.63, 3.8) is 0 Å². The molecule has 0 radical (unpaired) electrons. The van der Waals surface area contributed by atoms with E-state index < -0.39 is 0 Å². The topological polar surface area (TPSA) is 75.6 Å². The molecule has 8 heteroatoms. The number of rotatable bonds is 3. The van der Waals surface area contributed by atoms with Crippen molar-refractivity contribution < 1.29 is 0 Å². The normalized spacial score (nSPS) is 16.0. The monoisotopic (exact) mass is 333 g/mol. The Morgan fingerprint density at radius 2 is 1.91 bits per heavy atom. The molecular weight excluding hydrogens is 314 g/mol. The summed E-state index contributed by atoms with van der Waals surface area (Å²) in [5.74, 6) is 1.36. The highest BCUT2D eigenvalue weighted by Gasteiger charge is 2.18. The summed E-state index contributed by atoms with van der Waals surface area (Å²) >= 11 is 5.93. The van der Waals surface area contributed by atoms with Crippen LogP contribution in [0.4, 0.5) is 5.69 Å². The first-order valence-electron chi connectivity index (χ1n) is 7.52. The summed E-state index contributed by atoms with van der Waals surface area (Å²) in [5.41, 5.74) is 7.29. The second-order valence-corrected chi connectivity index (χ2v) is 5.92. The zero-order valence-electron chi connectivity index (χ0n) is 13.1. The second-order valence-electron chi connectivity index (χ2n) is 5.48. The van der Waals surface area contributed by atoms with Crippen molar-refractivity contribution in [1.29, 1.82) is 0 Å². The van der Waals surface area contributed by atoms with E-state index in [4.69, 9.17) is 17.3 Å². The molecule has 0 aliphatic carbocycles. The van der Waals surface area contributed by atoms with E-state index in [2.05, 4.69) is 25.0 Å². The quantitative estimate of drug-likeness (QED) is 0.672. The lowest BCUT2D eigenvalue weighted by atomic mass is 10.2. The largest absolute Gasteiger partial charge is 0.370 e. The van der Waals surface area contributed by atoms with Crippen LogP contribution >= 0.6 is 11.6 Å². The number of aryl methyl sites for hydroxylation is 1. The van der Waals surface area contributed by atoms with Gasteiger partial charge in [0, 0.05) is 43.9 Å². The van der Waals surface area contributed by atoms with E-state index in [0.29, 0.717) is 12.5 Å². The lowest BCUT2D eigenvalue weighted by molar-refractivity contribution is 0.380. The molecular formula is C15H20ClN7. The number of aromatic nitrogens is 3. The Hall–Kier alpha value is -2.28. The molecule has 7 nitrogen and oxygen atoms in total. The zero-order chi connectivity index (χ0) is 16.2. The number of nitrogens with two attached hydrogens (primary N) is 1. The highest BCUT2D eigenvalue weighted by Crippen LogP contribution is 2.19. The van der Waals surface area contributed by atoms with E-state index in [0.717, 1.165) is 37.0 Å². The van der Waals surface area contributed by atoms with Crippen LogP contribution in [0, 0.1) is 0 Å². The molecule has 1 saturated heterocycles. The van der Waals surface area contributed by atoms with Crippen LogP contribution in [0.15, 0.2) is 35.6 Å². The number of piperazine rings is 1. The second kappa shape index (κ2) is 6.87. The number of nitrogens with zero attached hydrogens (tertiary/aromatic N) is 6. The van der Waals surface area contributed by atoms with Gasteiger partial charge in [0.1, 0.15) is 12.9 Å². The van der Waals surface area contributed by atoms with Crippen molar-refractivity contribution in [2.75, 3.05) is 31.1 Å². The predicted molar refractivity (Wildman–Crippen MR) is 91.6 cm³/mol. The van der Waals surface area contributed by atoms with Crippen molar-refractivity contribution in [3.8, 4) is 0 Å². The van der Waals surface area contributed by atoms with Crippen LogP contribution in [0.3, 0.4) is 0 Å². The highest BCUT2D eigenvalue weighted by atomic mass is 35.5. The molecule has 0 amide bonds. The molecule has 3 rings (SSSR count). The number of hydrogen-bond donors (Lipinski definition) is 1. The predicted octanol–water partition coefficient (Wildman–Crippen LogP) is 1.11. The van der Waals surface area contributed by atoms with Crippen molar-refractivity contribution in [2.24, 2.45) is 17.8 Å². The number of hydrogen-bond acceptors (Lipinski definition) is 4. The number of benzene rings is 1. The third-order valence-electron chi connectivity index (χ3n) is 3.98. The molecule has 1 aliphatic rings. The Bertz CT molecular complexity index is 671. The summed E-state index contributed by atoms with van der Waals surface area (Å²) in [4.78, 5) is 8.84. The zero-order valence-corrected chi connectivity index (χ0v) is 13.8. The van der Waals surface area contributed by atoms with E-state index in [1.807, 2.05) is 35.9 Å². The Morgan fingerprint density at radius 1 is 1.22 bits per heavy atom. The van der Waals surface area contributed by atoms with Gasteiger partial charge < -0.3 is 20.1 Å². The SMILES string of the molecule is Cn1cnnc1CN=C(N)N1CCN(c2ccc(Cl)cc2)CC1. The third kappa shape index (κ3) is 3.73. The molecule has 2 aromatic rings. The molecule has 2 heterocycles. The number of guanidine groups is 1. The summed E-state index contributed by atoms with van der Waals surface area (Å²) < 4.78 is 1.84. The maximum atomic E-state index is 6.10. The number of aliphatic imine (C=N–C) groups is 1. The third-order valence-corrected chi connectivity index (χ3v) is 4.24. The van der Waals surface area contributed by atoms with Crippen molar-refractivity contribution >= 4 is 23.2 Å². The summed E-state index contributed by atoms with van der Waals surface area (Å²) in [6.45, 7) is 3.94. The van der Waals surface area contributed by atoms with Crippen LogP contribution in [0.1, 0.15) is 5.82 Å². The maximum Gasteiger partial charge on any atom is 0.191 e. The molecule has 1 aromatic carbocycles. The van der Waals surface area contributed by atoms with Gasteiger partial charge in [0.05, 0.1) is 0 Å². The minimum Gasteiger partial charge on any atom is -0.370 e. The van der Waals surface area contributed by atoms with E-state index >= 15 is 0 Å². The summed E-state index contributed by atoms with van der Waals surface area (Å²) in [5, 5.41) is 8.60. The van der Waals surface area contributed by atoms with Crippen LogP contribution in [-0.2, 0) is 13.6 Å². The maximum absolute atomic E-state index is 6.10. The molecule has 1 fully saturated rings. The molecule has 0 bridgehead atoms. The Morgan fingerprint density at radius 3 is 2.52 bits per heavy atom. The van der Waals surface area contributed by atoms with Gasteiger partial charge in [0.15, 0.2) is 11.8 Å². The molecule has 0 atom stereocenters. The van der Waals surface area contributed by atoms with Crippen molar-refractivity contribution in [1.82, 2.24) is 19.7 Å². The standard InChI is InChI=1S/C15H20ClN7/c1-21-11-19-20-14(21)10-18-15(17)23-8-6-22(7-9-23)13-4-2-12(16)3-5-13/h2-5,11H,6-10H2,1H3,(H2,17,18). The fourth-order valence-corrected chi connectivity index (χ4v) is 2.67. The van der Waals surface area contributed by atoms with Gasteiger partial charge in [0.25, 0.3) is 0 Å². The lowest BCUT2D eigenvalue weighted by Gasteiger charge is -2.36. The van der Waals surface area contributed by atoms with Gasteiger partial charge in [-0.2, -0.15) is 0 Å². The minimum absolute atomic E-state index is 0.444. The summed E-state index contributed by atoms with van der Waals surface area (Å²) in [6.07, 6.45) is 1.66. The molecule has 1 aliphatic heterocycles. The van der Waals surface area contributed by atoms with Crippen LogP contribution in [0.5, 0.6) is 0 Å². The average molecular weight is 334 g/mol. The smallest absolute Gasteiger partial charge is 0.191 e. The fraction of sp³-hybridized carbons (Fsp3) is 0.400. The van der Waals surface area contributed by atoms with Crippen LogP contribution in [-0.4, -0.2) is 51.8 Å². The van der Waals surface area contributed by atoms with Gasteiger partial charge in [-0.05, 0) is 24.3 Å². The van der Waals surface area contributed by atoms with Crippen molar-refractivity contribution in [3.05, 3.63) is 41.4 Å². The van der Waals surface area contributed by atoms with Crippen molar-refractivity contribution in [2.45, 2.75) is 6.54 Å².